The van der Waals surface area contributed by atoms with E-state index in [0.717, 1.165) is 32.5 Å². The number of hydrogen-bond acceptors (Lipinski definition) is 4. The Morgan fingerprint density at radius 1 is 1.38 bits per heavy atom. The molecule has 1 saturated heterocycles. The number of carbonyl (C=O) groups is 1. The Labute approximate surface area is 95.5 Å². The van der Waals surface area contributed by atoms with Crippen LogP contribution in [0.25, 0.3) is 0 Å². The van der Waals surface area contributed by atoms with E-state index in [2.05, 4.69) is 10.3 Å². The van der Waals surface area contributed by atoms with E-state index >= 15 is 0 Å². The van der Waals surface area contributed by atoms with Crippen LogP contribution in [0, 0.1) is 5.92 Å². The van der Waals surface area contributed by atoms with Crippen molar-refractivity contribution < 1.29 is 9.90 Å². The Hall–Kier alpha value is -1.16. The Kier molecular flexibility index (Phi) is 3.72. The molecule has 1 aliphatic carbocycles. The monoisotopic (exact) mass is 222 g/mol. The largest absolute Gasteiger partial charge is 0.511 e. The summed E-state index contributed by atoms with van der Waals surface area (Å²) in [4.78, 5) is 15.6. The molecule has 2 rings (SSSR count). The van der Waals surface area contributed by atoms with Gasteiger partial charge in [0, 0.05) is 25.6 Å². The van der Waals surface area contributed by atoms with Crippen LogP contribution in [0.1, 0.15) is 25.7 Å². The zero-order valence-corrected chi connectivity index (χ0v) is 9.41. The van der Waals surface area contributed by atoms with Gasteiger partial charge in [0.1, 0.15) is 5.76 Å². The summed E-state index contributed by atoms with van der Waals surface area (Å²) in [6.45, 7) is 2.89. The Morgan fingerprint density at radius 2 is 2.12 bits per heavy atom. The second-order valence-corrected chi connectivity index (χ2v) is 4.47. The van der Waals surface area contributed by atoms with Crippen molar-refractivity contribution in [2.75, 3.05) is 19.6 Å². The lowest BCUT2D eigenvalue weighted by atomic mass is 9.98. The number of aliphatic hydroxyl groups is 1. The van der Waals surface area contributed by atoms with Crippen LogP contribution in [-0.4, -0.2) is 36.7 Å². The molecule has 0 aromatic carbocycles. The number of ketones is 1. The quantitative estimate of drug-likeness (QED) is 0.706. The van der Waals surface area contributed by atoms with Crippen molar-refractivity contribution >= 4 is 12.0 Å². The predicted molar refractivity (Wildman–Crippen MR) is 62.8 cm³/mol. The first-order valence-corrected chi connectivity index (χ1v) is 5.93. The number of aliphatic hydroxyl groups excluding tert-OH is 1. The third-order valence-corrected chi connectivity index (χ3v) is 3.24. The lowest BCUT2D eigenvalue weighted by Crippen LogP contribution is -2.29. The van der Waals surface area contributed by atoms with Crippen molar-refractivity contribution in [3.05, 3.63) is 11.3 Å². The molecule has 1 aliphatic heterocycles. The van der Waals surface area contributed by atoms with E-state index in [9.17, 15) is 9.90 Å². The fourth-order valence-corrected chi connectivity index (χ4v) is 2.17. The van der Waals surface area contributed by atoms with E-state index in [0.29, 0.717) is 24.3 Å². The molecule has 0 saturated carbocycles. The standard InChI is InChI=1S/C12H18N2O2/c15-11-1-2-12(16)10(11)8-14-7-9-3-5-13-6-4-9/h8-9,13,15H,1-7H2. The number of hydrogen-bond donors (Lipinski definition) is 2. The highest BCUT2D eigenvalue weighted by molar-refractivity contribution is 6.15. The molecule has 0 spiro atoms. The van der Waals surface area contributed by atoms with Crippen molar-refractivity contribution in [1.29, 1.82) is 0 Å². The van der Waals surface area contributed by atoms with E-state index < -0.39 is 0 Å². The number of allylic oxidation sites excluding steroid dienone is 2. The van der Waals surface area contributed by atoms with Crippen molar-refractivity contribution in [1.82, 2.24) is 5.32 Å². The Balaban J connectivity index is 1.84. The summed E-state index contributed by atoms with van der Waals surface area (Å²) in [6, 6.07) is 0. The fraction of sp³-hybridized carbons (Fsp3) is 0.667. The third kappa shape index (κ3) is 2.70. The minimum absolute atomic E-state index is 0.0200. The first-order valence-electron chi connectivity index (χ1n) is 5.93. The molecule has 88 valence electrons. The molecule has 4 nitrogen and oxygen atoms in total. The summed E-state index contributed by atoms with van der Waals surface area (Å²) in [6.07, 6.45) is 4.77. The summed E-state index contributed by atoms with van der Waals surface area (Å²) >= 11 is 0. The number of Topliss-reactive ketones (excluding diaryl/α,β-unsaturated/α-hetero) is 1. The van der Waals surface area contributed by atoms with E-state index in [4.69, 9.17) is 0 Å². The van der Waals surface area contributed by atoms with Gasteiger partial charge in [0.25, 0.3) is 0 Å². The smallest absolute Gasteiger partial charge is 0.168 e. The number of nitrogens with zero attached hydrogens (tertiary/aromatic N) is 1. The molecule has 1 fully saturated rings. The normalized spacial score (nSPS) is 23.6. The predicted octanol–water partition coefficient (Wildman–Crippen LogP) is 1.23. The molecule has 2 aliphatic rings. The van der Waals surface area contributed by atoms with Gasteiger partial charge in [-0.3, -0.25) is 9.79 Å². The van der Waals surface area contributed by atoms with Crippen LogP contribution in [0.15, 0.2) is 16.3 Å². The highest BCUT2D eigenvalue weighted by Gasteiger charge is 2.20. The van der Waals surface area contributed by atoms with Gasteiger partial charge in [-0.15, -0.1) is 0 Å². The zero-order valence-electron chi connectivity index (χ0n) is 9.41. The van der Waals surface area contributed by atoms with Crippen LogP contribution in [-0.2, 0) is 4.79 Å². The molecule has 0 amide bonds. The molecule has 0 unspecified atom stereocenters. The maximum atomic E-state index is 11.3. The summed E-state index contributed by atoms with van der Waals surface area (Å²) < 4.78 is 0. The molecule has 4 heteroatoms. The Bertz CT molecular complexity index is 328. The number of nitrogens with one attached hydrogen (secondary N) is 1. The molecule has 0 aromatic rings. The van der Waals surface area contributed by atoms with Crippen LogP contribution in [0.2, 0.25) is 0 Å². The average molecular weight is 222 g/mol. The van der Waals surface area contributed by atoms with Crippen LogP contribution in [0.5, 0.6) is 0 Å². The molecule has 0 radical (unpaired) electrons. The van der Waals surface area contributed by atoms with Crippen molar-refractivity contribution in [3.8, 4) is 0 Å². The van der Waals surface area contributed by atoms with Gasteiger partial charge in [-0.1, -0.05) is 0 Å². The minimum atomic E-state index is 0.0200. The highest BCUT2D eigenvalue weighted by atomic mass is 16.3. The van der Waals surface area contributed by atoms with Gasteiger partial charge in [0.2, 0.25) is 0 Å². The van der Waals surface area contributed by atoms with Crippen LogP contribution in [0.3, 0.4) is 0 Å². The lowest BCUT2D eigenvalue weighted by Gasteiger charge is -2.20. The molecular weight excluding hydrogens is 204 g/mol. The summed E-state index contributed by atoms with van der Waals surface area (Å²) in [5.41, 5.74) is 0.425. The van der Waals surface area contributed by atoms with Gasteiger partial charge in [-0.2, -0.15) is 0 Å². The van der Waals surface area contributed by atoms with Gasteiger partial charge in [-0.05, 0) is 31.8 Å². The maximum Gasteiger partial charge on any atom is 0.168 e. The Morgan fingerprint density at radius 3 is 2.75 bits per heavy atom. The first-order chi connectivity index (χ1) is 7.77. The summed E-state index contributed by atoms with van der Waals surface area (Å²) in [5, 5.41) is 12.8. The molecule has 0 aromatic heterocycles. The topological polar surface area (TPSA) is 61.7 Å². The number of aliphatic imine (C=N–C) groups is 1. The van der Waals surface area contributed by atoms with Gasteiger partial charge in [-0.25, -0.2) is 0 Å². The van der Waals surface area contributed by atoms with Gasteiger partial charge >= 0.3 is 0 Å². The third-order valence-electron chi connectivity index (χ3n) is 3.24. The van der Waals surface area contributed by atoms with Gasteiger partial charge in [0.05, 0.1) is 5.57 Å². The average Bonchev–Trinajstić information content (AvgIpc) is 2.62. The number of piperidine rings is 1. The lowest BCUT2D eigenvalue weighted by molar-refractivity contribution is -0.114. The molecule has 0 bridgehead atoms. The van der Waals surface area contributed by atoms with Crippen LogP contribution < -0.4 is 5.32 Å². The van der Waals surface area contributed by atoms with Crippen LogP contribution in [0.4, 0.5) is 0 Å². The number of carbonyl (C=O) groups excluding carboxylic acids is 1. The fourth-order valence-electron chi connectivity index (χ4n) is 2.17. The van der Waals surface area contributed by atoms with Gasteiger partial charge < -0.3 is 10.4 Å². The molecular formula is C12H18N2O2. The van der Waals surface area contributed by atoms with Crippen LogP contribution >= 0.6 is 0 Å². The SMILES string of the molecule is O=C1CCC(O)=C1C=NCC1CCNCC1. The van der Waals surface area contributed by atoms with Crippen molar-refractivity contribution in [2.45, 2.75) is 25.7 Å². The molecule has 1 heterocycles. The summed E-state index contributed by atoms with van der Waals surface area (Å²) in [5.74, 6) is 0.849. The van der Waals surface area contributed by atoms with Crippen molar-refractivity contribution in [3.63, 3.8) is 0 Å². The van der Waals surface area contributed by atoms with E-state index in [1.165, 1.54) is 0 Å². The second kappa shape index (κ2) is 5.25. The second-order valence-electron chi connectivity index (χ2n) is 4.47. The highest BCUT2D eigenvalue weighted by Crippen LogP contribution is 2.19. The maximum absolute atomic E-state index is 11.3. The minimum Gasteiger partial charge on any atom is -0.511 e. The molecule has 16 heavy (non-hydrogen) atoms. The molecule has 2 N–H and O–H groups in total. The van der Waals surface area contributed by atoms with Gasteiger partial charge in [0.15, 0.2) is 5.78 Å². The first kappa shape index (κ1) is 11.3. The van der Waals surface area contributed by atoms with E-state index in [1.54, 1.807) is 6.21 Å². The van der Waals surface area contributed by atoms with Crippen molar-refractivity contribution in [2.24, 2.45) is 10.9 Å². The zero-order chi connectivity index (χ0) is 11.4. The molecule has 0 atom stereocenters. The number of rotatable bonds is 3. The summed E-state index contributed by atoms with van der Waals surface area (Å²) in [7, 11) is 0. The van der Waals surface area contributed by atoms with E-state index in [-0.39, 0.29) is 11.5 Å². The van der Waals surface area contributed by atoms with E-state index in [1.807, 2.05) is 0 Å².